The SMILES string of the molecule is COc1cc(C(=O)OCC(=O)N(C)Cc2ccco2)ccc1Oc1ccc(Cl)cc1[N+](=O)[O-]. The second-order valence-electron chi connectivity index (χ2n) is 6.74. The number of hydrogen-bond donors (Lipinski definition) is 0. The minimum absolute atomic E-state index is 0.0526. The number of nitrogens with zero attached hydrogens (tertiary/aromatic N) is 2. The van der Waals surface area contributed by atoms with Crippen LogP contribution < -0.4 is 9.47 Å². The molecule has 0 aliphatic rings. The van der Waals surface area contributed by atoms with E-state index in [9.17, 15) is 19.7 Å². The van der Waals surface area contributed by atoms with E-state index >= 15 is 0 Å². The van der Waals surface area contributed by atoms with Crippen molar-refractivity contribution in [1.82, 2.24) is 4.90 Å². The van der Waals surface area contributed by atoms with Gasteiger partial charge in [0.25, 0.3) is 5.91 Å². The molecule has 10 nitrogen and oxygen atoms in total. The molecule has 1 heterocycles. The van der Waals surface area contributed by atoms with Gasteiger partial charge in [0, 0.05) is 18.1 Å². The fourth-order valence-electron chi connectivity index (χ4n) is 2.76. The fourth-order valence-corrected chi connectivity index (χ4v) is 2.93. The number of esters is 1. The van der Waals surface area contributed by atoms with Crippen LogP contribution >= 0.6 is 11.6 Å². The highest BCUT2D eigenvalue weighted by Crippen LogP contribution is 2.38. The van der Waals surface area contributed by atoms with Gasteiger partial charge in [-0.1, -0.05) is 11.6 Å². The highest BCUT2D eigenvalue weighted by atomic mass is 35.5. The average Bonchev–Trinajstić information content (AvgIpc) is 3.31. The van der Waals surface area contributed by atoms with E-state index in [1.54, 1.807) is 19.2 Å². The lowest BCUT2D eigenvalue weighted by Crippen LogP contribution is -2.30. The number of ether oxygens (including phenoxy) is 3. The van der Waals surface area contributed by atoms with Gasteiger partial charge in [0.2, 0.25) is 5.75 Å². The Morgan fingerprint density at radius 2 is 1.88 bits per heavy atom. The van der Waals surface area contributed by atoms with E-state index < -0.39 is 23.4 Å². The molecule has 0 aliphatic carbocycles. The third-order valence-electron chi connectivity index (χ3n) is 4.46. The first-order chi connectivity index (χ1) is 15.8. The lowest BCUT2D eigenvalue weighted by Gasteiger charge is -2.16. The minimum atomic E-state index is -0.753. The standard InChI is InChI=1S/C22H19ClN2O8/c1-24(12-16-4-3-9-31-16)21(26)13-32-22(27)14-5-7-19(20(10-14)30-2)33-18-8-6-15(23)11-17(18)25(28)29/h3-11H,12-13H2,1-2H3. The van der Waals surface area contributed by atoms with Crippen molar-refractivity contribution in [3.8, 4) is 17.2 Å². The largest absolute Gasteiger partial charge is 0.493 e. The smallest absolute Gasteiger partial charge is 0.338 e. The molecule has 2 aromatic carbocycles. The number of methoxy groups -OCH3 is 1. The molecule has 172 valence electrons. The van der Waals surface area contributed by atoms with Gasteiger partial charge < -0.3 is 23.5 Å². The summed E-state index contributed by atoms with van der Waals surface area (Å²) in [7, 11) is 2.91. The van der Waals surface area contributed by atoms with E-state index in [0.717, 1.165) is 6.07 Å². The molecule has 0 saturated carbocycles. The molecular formula is C22H19ClN2O8. The number of carbonyl (C=O) groups is 2. The van der Waals surface area contributed by atoms with Crippen LogP contribution in [0.5, 0.6) is 17.2 Å². The Hall–Kier alpha value is -4.05. The summed E-state index contributed by atoms with van der Waals surface area (Å²) in [6, 6.07) is 11.5. The first-order valence-corrected chi connectivity index (χ1v) is 9.89. The van der Waals surface area contributed by atoms with Crippen molar-refractivity contribution in [2.45, 2.75) is 6.54 Å². The van der Waals surface area contributed by atoms with Crippen LogP contribution in [0.3, 0.4) is 0 Å². The van der Waals surface area contributed by atoms with Crippen molar-refractivity contribution >= 4 is 29.2 Å². The third-order valence-corrected chi connectivity index (χ3v) is 4.70. The molecule has 0 radical (unpaired) electrons. The Morgan fingerprint density at radius 1 is 1.12 bits per heavy atom. The van der Waals surface area contributed by atoms with E-state index in [1.807, 2.05) is 0 Å². The van der Waals surface area contributed by atoms with Crippen LogP contribution in [-0.4, -0.2) is 42.5 Å². The lowest BCUT2D eigenvalue weighted by atomic mass is 10.2. The van der Waals surface area contributed by atoms with Crippen molar-refractivity contribution in [2.24, 2.45) is 0 Å². The molecule has 33 heavy (non-hydrogen) atoms. The summed E-state index contributed by atoms with van der Waals surface area (Å²) in [5.41, 5.74) is -0.225. The van der Waals surface area contributed by atoms with Crippen LogP contribution in [0, 0.1) is 10.1 Å². The highest BCUT2D eigenvalue weighted by Gasteiger charge is 2.20. The van der Waals surface area contributed by atoms with Gasteiger partial charge in [-0.3, -0.25) is 14.9 Å². The zero-order chi connectivity index (χ0) is 24.0. The van der Waals surface area contributed by atoms with Crippen molar-refractivity contribution in [3.63, 3.8) is 0 Å². The van der Waals surface area contributed by atoms with Gasteiger partial charge >= 0.3 is 11.7 Å². The maximum Gasteiger partial charge on any atom is 0.338 e. The van der Waals surface area contributed by atoms with Crippen LogP contribution in [0.1, 0.15) is 16.1 Å². The fraction of sp³-hybridized carbons (Fsp3) is 0.182. The molecule has 3 aromatic rings. The summed E-state index contributed by atoms with van der Waals surface area (Å²) in [4.78, 5) is 36.6. The molecule has 3 rings (SSSR count). The van der Waals surface area contributed by atoms with Crippen LogP contribution in [0.15, 0.2) is 59.2 Å². The number of rotatable bonds is 9. The van der Waals surface area contributed by atoms with E-state index in [1.165, 1.54) is 48.6 Å². The number of hydrogen-bond acceptors (Lipinski definition) is 8. The summed E-state index contributed by atoms with van der Waals surface area (Å²) < 4.78 is 21.1. The van der Waals surface area contributed by atoms with Crippen molar-refractivity contribution in [3.05, 3.63) is 81.3 Å². The Balaban J connectivity index is 1.67. The van der Waals surface area contributed by atoms with Gasteiger partial charge in [0.15, 0.2) is 18.1 Å². The van der Waals surface area contributed by atoms with E-state index in [0.29, 0.717) is 5.76 Å². The summed E-state index contributed by atoms with van der Waals surface area (Å²) in [5, 5.41) is 11.4. The minimum Gasteiger partial charge on any atom is -0.493 e. The average molecular weight is 475 g/mol. The van der Waals surface area contributed by atoms with E-state index in [2.05, 4.69) is 0 Å². The molecule has 0 fully saturated rings. The highest BCUT2D eigenvalue weighted by molar-refractivity contribution is 6.30. The number of carbonyl (C=O) groups excluding carboxylic acids is 2. The van der Waals surface area contributed by atoms with Crippen LogP contribution in [0.4, 0.5) is 5.69 Å². The van der Waals surface area contributed by atoms with E-state index in [-0.39, 0.29) is 40.1 Å². The Labute approximate surface area is 193 Å². The summed E-state index contributed by atoms with van der Waals surface area (Å²) in [6.45, 7) is -0.229. The zero-order valence-electron chi connectivity index (χ0n) is 17.6. The Morgan fingerprint density at radius 3 is 2.55 bits per heavy atom. The molecule has 0 aliphatic heterocycles. The van der Waals surface area contributed by atoms with E-state index in [4.69, 9.17) is 30.2 Å². The Kier molecular flexibility index (Phi) is 7.52. The maximum absolute atomic E-state index is 12.4. The normalized spacial score (nSPS) is 10.4. The predicted octanol–water partition coefficient (Wildman–Crippen LogP) is 4.46. The molecule has 0 N–H and O–H groups in total. The first kappa shape index (κ1) is 23.6. The second kappa shape index (κ2) is 10.5. The summed E-state index contributed by atoms with van der Waals surface area (Å²) in [6.07, 6.45) is 1.50. The number of nitro groups is 1. The second-order valence-corrected chi connectivity index (χ2v) is 7.18. The van der Waals surface area contributed by atoms with Crippen LogP contribution in [-0.2, 0) is 16.1 Å². The molecule has 0 unspecified atom stereocenters. The topological polar surface area (TPSA) is 121 Å². The van der Waals surface area contributed by atoms with Gasteiger partial charge in [0.05, 0.1) is 30.4 Å². The van der Waals surface area contributed by atoms with Gasteiger partial charge in [-0.25, -0.2) is 4.79 Å². The van der Waals surface area contributed by atoms with Gasteiger partial charge in [-0.05, 0) is 42.5 Å². The molecule has 0 spiro atoms. The van der Waals surface area contributed by atoms with Crippen molar-refractivity contribution in [2.75, 3.05) is 20.8 Å². The summed E-state index contributed by atoms with van der Waals surface area (Å²) in [5.74, 6) is -0.357. The van der Waals surface area contributed by atoms with Crippen LogP contribution in [0.2, 0.25) is 5.02 Å². The van der Waals surface area contributed by atoms with Crippen molar-refractivity contribution in [1.29, 1.82) is 0 Å². The molecular weight excluding hydrogens is 456 g/mol. The maximum atomic E-state index is 12.4. The molecule has 11 heteroatoms. The monoisotopic (exact) mass is 474 g/mol. The number of amides is 1. The van der Waals surface area contributed by atoms with Gasteiger partial charge in [-0.15, -0.1) is 0 Å². The number of halogens is 1. The first-order valence-electron chi connectivity index (χ1n) is 9.51. The Bertz CT molecular complexity index is 1160. The number of likely N-dealkylation sites (N-methyl/N-ethyl adjacent to an activating group) is 1. The zero-order valence-corrected chi connectivity index (χ0v) is 18.4. The molecule has 0 saturated heterocycles. The predicted molar refractivity (Wildman–Crippen MR) is 117 cm³/mol. The number of nitro benzene ring substituents is 1. The molecule has 1 amide bonds. The quantitative estimate of drug-likeness (QED) is 0.253. The lowest BCUT2D eigenvalue weighted by molar-refractivity contribution is -0.385. The number of furan rings is 1. The number of benzene rings is 2. The van der Waals surface area contributed by atoms with Crippen LogP contribution in [0.25, 0.3) is 0 Å². The van der Waals surface area contributed by atoms with Gasteiger partial charge in [0.1, 0.15) is 5.76 Å². The molecule has 0 atom stereocenters. The summed E-state index contributed by atoms with van der Waals surface area (Å²) >= 11 is 5.82. The van der Waals surface area contributed by atoms with Crippen molar-refractivity contribution < 1.29 is 33.1 Å². The molecule has 1 aromatic heterocycles. The van der Waals surface area contributed by atoms with Gasteiger partial charge in [-0.2, -0.15) is 0 Å². The third kappa shape index (κ3) is 6.01. The molecule has 0 bridgehead atoms.